The van der Waals surface area contributed by atoms with Crippen molar-refractivity contribution >= 4 is 17.4 Å². The zero-order chi connectivity index (χ0) is 11.4. The third-order valence-electron chi connectivity index (χ3n) is 1.60. The Morgan fingerprint density at radius 1 is 1.53 bits per heavy atom. The van der Waals surface area contributed by atoms with E-state index in [1.54, 1.807) is 0 Å². The first kappa shape index (κ1) is 11.7. The summed E-state index contributed by atoms with van der Waals surface area (Å²) in [6.07, 6.45) is -2.57. The maximum atomic E-state index is 11.9. The average Bonchev–Trinajstić information content (AvgIpc) is 2.15. The minimum atomic E-state index is -2.57. The Bertz CT molecular complexity index is 371. The van der Waals surface area contributed by atoms with Crippen molar-refractivity contribution in [3.05, 3.63) is 28.8 Å². The normalized spacial score (nSPS) is 10.4. The maximum absolute atomic E-state index is 11.9. The number of amidine groups is 1. The summed E-state index contributed by atoms with van der Waals surface area (Å²) < 4.78 is 28.6. The number of nitrogen functional groups attached to an aromatic ring is 1. The Morgan fingerprint density at radius 3 is 2.73 bits per heavy atom. The monoisotopic (exact) mass is 234 g/mol. The van der Waals surface area contributed by atoms with Gasteiger partial charge in [0.25, 0.3) is 6.43 Å². The van der Waals surface area contributed by atoms with Gasteiger partial charge >= 0.3 is 0 Å². The van der Waals surface area contributed by atoms with Gasteiger partial charge in [-0.05, 0) is 18.2 Å². The van der Waals surface area contributed by atoms with Crippen molar-refractivity contribution in [1.29, 1.82) is 5.41 Å². The summed E-state index contributed by atoms with van der Waals surface area (Å²) >= 11 is 5.67. The second-order valence-electron chi connectivity index (χ2n) is 2.76. The third kappa shape index (κ3) is 3.36. The first-order chi connectivity index (χ1) is 7.00. The maximum Gasteiger partial charge on any atom is 0.272 e. The fourth-order valence-corrected chi connectivity index (χ4v) is 1.16. The molecule has 3 nitrogen and oxygen atoms in total. The third-order valence-corrected chi connectivity index (χ3v) is 1.83. The number of alkyl halides is 2. The molecule has 0 bridgehead atoms. The zero-order valence-corrected chi connectivity index (χ0v) is 8.39. The Labute approximate surface area is 90.3 Å². The van der Waals surface area contributed by atoms with Crippen LogP contribution in [0.25, 0.3) is 0 Å². The predicted octanol–water partition coefficient (Wildman–Crippen LogP) is 2.27. The van der Waals surface area contributed by atoms with Gasteiger partial charge in [0.1, 0.15) is 18.2 Å². The van der Waals surface area contributed by atoms with Gasteiger partial charge in [-0.3, -0.25) is 5.41 Å². The first-order valence-corrected chi connectivity index (χ1v) is 4.43. The van der Waals surface area contributed by atoms with Crippen LogP contribution in [0.2, 0.25) is 5.02 Å². The number of hydrogen-bond donors (Lipinski definition) is 2. The van der Waals surface area contributed by atoms with Crippen LogP contribution in [-0.4, -0.2) is 18.9 Å². The lowest BCUT2D eigenvalue weighted by atomic mass is 10.2. The van der Waals surface area contributed by atoms with Crippen molar-refractivity contribution in [2.75, 3.05) is 6.61 Å². The molecule has 0 aliphatic carbocycles. The summed E-state index contributed by atoms with van der Waals surface area (Å²) in [5.41, 5.74) is 5.46. The molecule has 1 aromatic carbocycles. The minimum Gasteiger partial charge on any atom is -0.487 e. The molecule has 0 saturated heterocycles. The van der Waals surface area contributed by atoms with Crippen LogP contribution < -0.4 is 10.5 Å². The fourth-order valence-electron chi connectivity index (χ4n) is 0.991. The number of rotatable bonds is 4. The molecule has 0 heterocycles. The van der Waals surface area contributed by atoms with E-state index in [-0.39, 0.29) is 17.1 Å². The molecule has 0 fully saturated rings. The SMILES string of the molecule is N=C(N)c1cc(Cl)ccc1OCC(F)F. The van der Waals surface area contributed by atoms with Crippen LogP contribution in [0.1, 0.15) is 5.56 Å². The highest BCUT2D eigenvalue weighted by molar-refractivity contribution is 6.31. The van der Waals surface area contributed by atoms with Gasteiger partial charge in [0.05, 0.1) is 5.56 Å². The van der Waals surface area contributed by atoms with Crippen molar-refractivity contribution < 1.29 is 13.5 Å². The van der Waals surface area contributed by atoms with Crippen LogP contribution >= 0.6 is 11.6 Å². The van der Waals surface area contributed by atoms with Gasteiger partial charge in [0.15, 0.2) is 0 Å². The summed E-state index contributed by atoms with van der Waals surface area (Å²) in [4.78, 5) is 0. The molecule has 0 aliphatic heterocycles. The molecule has 0 aliphatic rings. The van der Waals surface area contributed by atoms with E-state index >= 15 is 0 Å². The topological polar surface area (TPSA) is 59.1 Å². The number of benzene rings is 1. The molecule has 0 unspecified atom stereocenters. The fraction of sp³-hybridized carbons (Fsp3) is 0.222. The van der Waals surface area contributed by atoms with Crippen LogP contribution in [0.4, 0.5) is 8.78 Å². The molecule has 3 N–H and O–H groups in total. The molecule has 0 aromatic heterocycles. The smallest absolute Gasteiger partial charge is 0.272 e. The highest BCUT2D eigenvalue weighted by Crippen LogP contribution is 2.22. The molecule has 15 heavy (non-hydrogen) atoms. The molecule has 0 radical (unpaired) electrons. The van der Waals surface area contributed by atoms with Crippen molar-refractivity contribution in [2.45, 2.75) is 6.43 Å². The van der Waals surface area contributed by atoms with Crippen molar-refractivity contribution in [3.63, 3.8) is 0 Å². The molecule has 82 valence electrons. The largest absolute Gasteiger partial charge is 0.487 e. The summed E-state index contributed by atoms with van der Waals surface area (Å²) in [7, 11) is 0. The Kier molecular flexibility index (Phi) is 3.85. The summed E-state index contributed by atoms with van der Waals surface area (Å²) in [6.45, 7) is -0.734. The van der Waals surface area contributed by atoms with Gasteiger partial charge in [0, 0.05) is 5.02 Å². The van der Waals surface area contributed by atoms with E-state index in [9.17, 15) is 8.78 Å². The number of ether oxygens (including phenoxy) is 1. The number of hydrogen-bond acceptors (Lipinski definition) is 2. The first-order valence-electron chi connectivity index (χ1n) is 4.05. The Morgan fingerprint density at radius 2 is 2.20 bits per heavy atom. The molecule has 0 atom stereocenters. The lowest BCUT2D eigenvalue weighted by Gasteiger charge is -2.10. The predicted molar refractivity (Wildman–Crippen MR) is 54.0 cm³/mol. The van der Waals surface area contributed by atoms with Crippen LogP contribution in [0, 0.1) is 5.41 Å². The van der Waals surface area contributed by atoms with E-state index < -0.39 is 13.0 Å². The van der Waals surface area contributed by atoms with Crippen LogP contribution in [0.3, 0.4) is 0 Å². The highest BCUT2D eigenvalue weighted by atomic mass is 35.5. The van der Waals surface area contributed by atoms with Gasteiger partial charge in [-0.2, -0.15) is 0 Å². The van der Waals surface area contributed by atoms with E-state index in [2.05, 4.69) is 0 Å². The lowest BCUT2D eigenvalue weighted by Crippen LogP contribution is -2.15. The zero-order valence-electron chi connectivity index (χ0n) is 7.64. The second kappa shape index (κ2) is 4.93. The second-order valence-corrected chi connectivity index (χ2v) is 3.19. The average molecular weight is 235 g/mol. The highest BCUT2D eigenvalue weighted by Gasteiger charge is 2.10. The standard InChI is InChI=1S/C9H9ClF2N2O/c10-5-1-2-7(15-4-8(11)12)6(3-5)9(13)14/h1-3,8H,4H2,(H3,13,14). The lowest BCUT2D eigenvalue weighted by molar-refractivity contribution is 0.0818. The van der Waals surface area contributed by atoms with Crippen LogP contribution in [0.5, 0.6) is 5.75 Å². The van der Waals surface area contributed by atoms with Crippen molar-refractivity contribution in [3.8, 4) is 5.75 Å². The van der Waals surface area contributed by atoms with Crippen molar-refractivity contribution in [1.82, 2.24) is 0 Å². The summed E-state index contributed by atoms with van der Waals surface area (Å²) in [5, 5.41) is 7.58. The summed E-state index contributed by atoms with van der Waals surface area (Å²) in [6, 6.07) is 4.28. The van der Waals surface area contributed by atoms with Gasteiger partial charge in [0.2, 0.25) is 0 Å². The molecule has 1 aromatic rings. The van der Waals surface area contributed by atoms with E-state index in [1.165, 1.54) is 18.2 Å². The number of halogens is 3. The molecule has 0 saturated carbocycles. The van der Waals surface area contributed by atoms with Gasteiger partial charge in [-0.15, -0.1) is 0 Å². The number of nitrogens with two attached hydrogens (primary N) is 1. The van der Waals surface area contributed by atoms with Crippen LogP contribution in [-0.2, 0) is 0 Å². The molecular weight excluding hydrogens is 226 g/mol. The molecule has 0 spiro atoms. The molecule has 6 heteroatoms. The van der Waals surface area contributed by atoms with Crippen molar-refractivity contribution in [2.24, 2.45) is 5.73 Å². The van der Waals surface area contributed by atoms with Crippen LogP contribution in [0.15, 0.2) is 18.2 Å². The molecular formula is C9H9ClF2N2O. The summed E-state index contributed by atoms with van der Waals surface area (Å²) in [5.74, 6) is -0.144. The Balaban J connectivity index is 2.91. The van der Waals surface area contributed by atoms with E-state index in [4.69, 9.17) is 27.5 Å². The van der Waals surface area contributed by atoms with Gasteiger partial charge < -0.3 is 10.5 Å². The molecule has 0 amide bonds. The Hall–Kier alpha value is -1.36. The molecule has 1 rings (SSSR count). The van der Waals surface area contributed by atoms with E-state index in [0.29, 0.717) is 5.02 Å². The quantitative estimate of drug-likeness (QED) is 0.620. The van der Waals surface area contributed by atoms with E-state index in [0.717, 1.165) is 0 Å². The van der Waals surface area contributed by atoms with Gasteiger partial charge in [-0.1, -0.05) is 11.6 Å². The van der Waals surface area contributed by atoms with Gasteiger partial charge in [-0.25, -0.2) is 8.78 Å². The minimum absolute atomic E-state index is 0.132. The number of nitrogens with one attached hydrogen (secondary N) is 1. The van der Waals surface area contributed by atoms with E-state index in [1.807, 2.05) is 0 Å².